The minimum Gasteiger partial charge on any atom is -0.343 e. The first-order valence-corrected chi connectivity index (χ1v) is 4.58. The van der Waals surface area contributed by atoms with Crippen molar-refractivity contribution in [3.8, 4) is 0 Å². The molecule has 1 aliphatic rings. The molecule has 2 heteroatoms. The number of hydrogen-bond acceptors (Lipinski definition) is 1. The van der Waals surface area contributed by atoms with Crippen LogP contribution in [0.3, 0.4) is 0 Å². The Bertz CT molecular complexity index is 130. The SMILES string of the molecule is CCC1CCCN(CC)C1=O. The van der Waals surface area contributed by atoms with E-state index in [1.165, 1.54) is 6.42 Å². The first kappa shape index (κ1) is 8.57. The number of likely N-dealkylation sites (tertiary alicyclic amines) is 1. The summed E-state index contributed by atoms with van der Waals surface area (Å²) in [4.78, 5) is 13.5. The topological polar surface area (TPSA) is 20.3 Å². The molecule has 0 bridgehead atoms. The van der Waals surface area contributed by atoms with Crippen LogP contribution in [0.15, 0.2) is 0 Å². The quantitative estimate of drug-likeness (QED) is 0.594. The highest BCUT2D eigenvalue weighted by molar-refractivity contribution is 5.79. The molecule has 1 amide bonds. The van der Waals surface area contributed by atoms with Gasteiger partial charge in [-0.2, -0.15) is 0 Å². The van der Waals surface area contributed by atoms with Crippen LogP contribution in [0.1, 0.15) is 33.1 Å². The van der Waals surface area contributed by atoms with Gasteiger partial charge in [0.2, 0.25) is 5.91 Å². The average molecular weight is 155 g/mol. The van der Waals surface area contributed by atoms with Crippen molar-refractivity contribution in [3.63, 3.8) is 0 Å². The molecule has 0 N–H and O–H groups in total. The molecule has 0 spiro atoms. The lowest BCUT2D eigenvalue weighted by atomic mass is 9.95. The van der Waals surface area contributed by atoms with Crippen LogP contribution in [-0.2, 0) is 4.79 Å². The third kappa shape index (κ3) is 1.73. The van der Waals surface area contributed by atoms with Crippen LogP contribution in [-0.4, -0.2) is 23.9 Å². The average Bonchev–Trinajstić information content (AvgIpc) is 2.05. The zero-order valence-electron chi connectivity index (χ0n) is 7.47. The lowest BCUT2D eigenvalue weighted by Gasteiger charge is -2.30. The van der Waals surface area contributed by atoms with Gasteiger partial charge >= 0.3 is 0 Å². The van der Waals surface area contributed by atoms with Crippen LogP contribution in [0.5, 0.6) is 0 Å². The summed E-state index contributed by atoms with van der Waals surface area (Å²) < 4.78 is 0. The van der Waals surface area contributed by atoms with E-state index in [1.54, 1.807) is 0 Å². The fourth-order valence-corrected chi connectivity index (χ4v) is 1.71. The maximum Gasteiger partial charge on any atom is 0.225 e. The van der Waals surface area contributed by atoms with Gasteiger partial charge < -0.3 is 4.90 Å². The summed E-state index contributed by atoms with van der Waals surface area (Å²) in [5, 5.41) is 0. The third-order valence-electron chi connectivity index (χ3n) is 2.52. The number of amides is 1. The zero-order valence-corrected chi connectivity index (χ0v) is 7.47. The van der Waals surface area contributed by atoms with Gasteiger partial charge in [0.25, 0.3) is 0 Å². The van der Waals surface area contributed by atoms with Gasteiger partial charge in [-0.15, -0.1) is 0 Å². The van der Waals surface area contributed by atoms with Gasteiger partial charge in [0.15, 0.2) is 0 Å². The number of carbonyl (C=O) groups is 1. The molecule has 11 heavy (non-hydrogen) atoms. The van der Waals surface area contributed by atoms with Crippen molar-refractivity contribution in [1.29, 1.82) is 0 Å². The van der Waals surface area contributed by atoms with Gasteiger partial charge in [-0.1, -0.05) is 6.92 Å². The van der Waals surface area contributed by atoms with Crippen molar-refractivity contribution in [2.45, 2.75) is 33.1 Å². The maximum atomic E-state index is 11.5. The lowest BCUT2D eigenvalue weighted by Crippen LogP contribution is -2.40. The Kier molecular flexibility index (Phi) is 2.92. The van der Waals surface area contributed by atoms with Gasteiger partial charge in [-0.05, 0) is 26.2 Å². The molecule has 0 saturated carbocycles. The molecule has 1 heterocycles. The van der Waals surface area contributed by atoms with E-state index in [0.717, 1.165) is 25.9 Å². The molecule has 0 radical (unpaired) electrons. The fourth-order valence-electron chi connectivity index (χ4n) is 1.71. The van der Waals surface area contributed by atoms with E-state index in [4.69, 9.17) is 0 Å². The van der Waals surface area contributed by atoms with Crippen LogP contribution in [0.25, 0.3) is 0 Å². The monoisotopic (exact) mass is 155 g/mol. The summed E-state index contributed by atoms with van der Waals surface area (Å²) in [6, 6.07) is 0. The normalized spacial score (nSPS) is 25.8. The predicted molar refractivity (Wildman–Crippen MR) is 45.3 cm³/mol. The second-order valence-corrected chi connectivity index (χ2v) is 3.17. The molecule has 64 valence electrons. The molecule has 0 aromatic rings. The van der Waals surface area contributed by atoms with E-state index >= 15 is 0 Å². The van der Waals surface area contributed by atoms with Crippen molar-refractivity contribution in [2.24, 2.45) is 5.92 Å². The van der Waals surface area contributed by atoms with E-state index in [-0.39, 0.29) is 0 Å². The Morgan fingerprint density at radius 2 is 2.27 bits per heavy atom. The number of nitrogens with zero attached hydrogens (tertiary/aromatic N) is 1. The van der Waals surface area contributed by atoms with Gasteiger partial charge in [-0.3, -0.25) is 4.79 Å². The van der Waals surface area contributed by atoms with Crippen LogP contribution >= 0.6 is 0 Å². The van der Waals surface area contributed by atoms with Crippen LogP contribution in [0.4, 0.5) is 0 Å². The predicted octanol–water partition coefficient (Wildman–Crippen LogP) is 1.65. The molecule has 0 aliphatic carbocycles. The Morgan fingerprint density at radius 3 is 2.82 bits per heavy atom. The minimum absolute atomic E-state index is 0.323. The molecule has 1 unspecified atom stereocenters. The molecule has 1 rings (SSSR count). The van der Waals surface area contributed by atoms with Crippen LogP contribution in [0, 0.1) is 5.92 Å². The molecule has 1 atom stereocenters. The first-order valence-electron chi connectivity index (χ1n) is 4.58. The molecule has 1 fully saturated rings. The van der Waals surface area contributed by atoms with Crippen molar-refractivity contribution >= 4 is 5.91 Å². The Labute approximate surface area is 68.6 Å². The summed E-state index contributed by atoms with van der Waals surface area (Å²) in [6.45, 7) is 6.01. The zero-order chi connectivity index (χ0) is 8.27. The first-order chi connectivity index (χ1) is 5.29. The maximum absolute atomic E-state index is 11.5. The van der Waals surface area contributed by atoms with Gasteiger partial charge in [0.1, 0.15) is 0 Å². The van der Waals surface area contributed by atoms with E-state index < -0.39 is 0 Å². The van der Waals surface area contributed by atoms with E-state index in [1.807, 2.05) is 4.90 Å². The van der Waals surface area contributed by atoms with Gasteiger partial charge in [0.05, 0.1) is 0 Å². The summed E-state index contributed by atoms with van der Waals surface area (Å²) in [5.74, 6) is 0.699. The van der Waals surface area contributed by atoms with Crippen molar-refractivity contribution in [3.05, 3.63) is 0 Å². The van der Waals surface area contributed by atoms with E-state index in [9.17, 15) is 4.79 Å². The van der Waals surface area contributed by atoms with Crippen molar-refractivity contribution in [2.75, 3.05) is 13.1 Å². The number of carbonyl (C=O) groups excluding carboxylic acids is 1. The third-order valence-corrected chi connectivity index (χ3v) is 2.52. The number of rotatable bonds is 2. The van der Waals surface area contributed by atoms with E-state index in [0.29, 0.717) is 11.8 Å². The molecule has 0 aromatic heterocycles. The van der Waals surface area contributed by atoms with Crippen LogP contribution in [0.2, 0.25) is 0 Å². The lowest BCUT2D eigenvalue weighted by molar-refractivity contribution is -0.138. The highest BCUT2D eigenvalue weighted by Crippen LogP contribution is 2.19. The fraction of sp³-hybridized carbons (Fsp3) is 0.889. The molecule has 1 aliphatic heterocycles. The molecule has 0 aromatic carbocycles. The Hall–Kier alpha value is -0.530. The van der Waals surface area contributed by atoms with Gasteiger partial charge in [-0.25, -0.2) is 0 Å². The van der Waals surface area contributed by atoms with Crippen LogP contribution < -0.4 is 0 Å². The smallest absolute Gasteiger partial charge is 0.225 e. The summed E-state index contributed by atoms with van der Waals surface area (Å²) in [7, 11) is 0. The standard InChI is InChI=1S/C9H17NO/c1-3-8-6-5-7-10(4-2)9(8)11/h8H,3-7H2,1-2H3. The van der Waals surface area contributed by atoms with Crippen molar-refractivity contribution in [1.82, 2.24) is 4.90 Å². The van der Waals surface area contributed by atoms with Gasteiger partial charge in [0, 0.05) is 19.0 Å². The summed E-state index contributed by atoms with van der Waals surface area (Å²) in [5.41, 5.74) is 0. The van der Waals surface area contributed by atoms with E-state index in [2.05, 4.69) is 13.8 Å². The molecular weight excluding hydrogens is 138 g/mol. The highest BCUT2D eigenvalue weighted by atomic mass is 16.2. The largest absolute Gasteiger partial charge is 0.343 e. The summed E-state index contributed by atoms with van der Waals surface area (Å²) in [6.07, 6.45) is 3.30. The Morgan fingerprint density at radius 1 is 1.55 bits per heavy atom. The summed E-state index contributed by atoms with van der Waals surface area (Å²) >= 11 is 0. The second-order valence-electron chi connectivity index (χ2n) is 3.17. The second kappa shape index (κ2) is 3.74. The molecular formula is C9H17NO. The van der Waals surface area contributed by atoms with Crippen molar-refractivity contribution < 1.29 is 4.79 Å². The minimum atomic E-state index is 0.323. The Balaban J connectivity index is 2.52. The number of piperidine rings is 1. The highest BCUT2D eigenvalue weighted by Gasteiger charge is 2.25. The molecule has 1 saturated heterocycles. The molecule has 2 nitrogen and oxygen atoms in total. The number of hydrogen-bond donors (Lipinski definition) is 0.